The van der Waals surface area contributed by atoms with Gasteiger partial charge in [0.05, 0.1) is 11.4 Å². The number of thioether (sulfide) groups is 1. The molecule has 0 spiro atoms. The standard InChI is InChI=1S/C17H21ClN2OS/c1-11(2)9-20-13(4)12(3)19-17(20)22-10-16(21)14-5-7-15(18)8-6-14/h5-8,11H,9-10H2,1-4H3. The number of halogens is 1. The van der Waals surface area contributed by atoms with E-state index < -0.39 is 0 Å². The van der Waals surface area contributed by atoms with Crippen molar-refractivity contribution in [2.45, 2.75) is 39.4 Å². The number of rotatable bonds is 6. The average Bonchev–Trinajstić information content (AvgIpc) is 2.73. The Morgan fingerprint density at radius 2 is 1.91 bits per heavy atom. The lowest BCUT2D eigenvalue weighted by molar-refractivity contribution is 0.102. The number of aryl methyl sites for hydroxylation is 1. The third-order valence-corrected chi connectivity index (χ3v) is 4.70. The number of carbonyl (C=O) groups is 1. The van der Waals surface area contributed by atoms with E-state index in [0.29, 0.717) is 22.3 Å². The highest BCUT2D eigenvalue weighted by molar-refractivity contribution is 7.99. The Kier molecular flexibility index (Phi) is 5.70. The van der Waals surface area contributed by atoms with Crippen LogP contribution in [-0.4, -0.2) is 21.1 Å². The maximum Gasteiger partial charge on any atom is 0.173 e. The zero-order valence-corrected chi connectivity index (χ0v) is 15.0. The van der Waals surface area contributed by atoms with Crippen LogP contribution in [0.2, 0.25) is 5.02 Å². The summed E-state index contributed by atoms with van der Waals surface area (Å²) >= 11 is 7.35. The van der Waals surface area contributed by atoms with Gasteiger partial charge in [-0.05, 0) is 44.0 Å². The van der Waals surface area contributed by atoms with Crippen LogP contribution in [0.25, 0.3) is 0 Å². The molecule has 0 aliphatic carbocycles. The van der Waals surface area contributed by atoms with E-state index in [1.807, 2.05) is 6.92 Å². The first kappa shape index (κ1) is 17.1. The van der Waals surface area contributed by atoms with Crippen LogP contribution in [0.5, 0.6) is 0 Å². The Bertz CT molecular complexity index is 662. The fourth-order valence-electron chi connectivity index (χ4n) is 2.16. The highest BCUT2D eigenvalue weighted by Crippen LogP contribution is 2.23. The van der Waals surface area contributed by atoms with Gasteiger partial charge in [-0.25, -0.2) is 4.98 Å². The van der Waals surface area contributed by atoms with E-state index in [9.17, 15) is 4.79 Å². The van der Waals surface area contributed by atoms with Crippen LogP contribution in [0.4, 0.5) is 0 Å². The van der Waals surface area contributed by atoms with E-state index in [2.05, 4.69) is 30.3 Å². The molecule has 0 saturated heterocycles. The van der Waals surface area contributed by atoms with Gasteiger partial charge in [0.25, 0.3) is 0 Å². The maximum absolute atomic E-state index is 12.3. The predicted octanol–water partition coefficient (Wildman–Crippen LogP) is 4.78. The smallest absolute Gasteiger partial charge is 0.173 e. The van der Waals surface area contributed by atoms with Gasteiger partial charge in [0.15, 0.2) is 10.9 Å². The Hall–Kier alpha value is -1.26. The van der Waals surface area contributed by atoms with Crippen molar-refractivity contribution in [2.75, 3.05) is 5.75 Å². The molecular weight excluding hydrogens is 316 g/mol. The van der Waals surface area contributed by atoms with Crippen molar-refractivity contribution in [2.24, 2.45) is 5.92 Å². The first-order valence-electron chi connectivity index (χ1n) is 7.33. The van der Waals surface area contributed by atoms with Crippen molar-refractivity contribution in [1.29, 1.82) is 0 Å². The minimum absolute atomic E-state index is 0.0936. The molecule has 0 bridgehead atoms. The van der Waals surface area contributed by atoms with Crippen LogP contribution in [-0.2, 0) is 6.54 Å². The molecule has 0 amide bonds. The summed E-state index contributed by atoms with van der Waals surface area (Å²) < 4.78 is 2.21. The van der Waals surface area contributed by atoms with Gasteiger partial charge in [0.1, 0.15) is 0 Å². The summed E-state index contributed by atoms with van der Waals surface area (Å²) in [5.74, 6) is 1.02. The normalized spacial score (nSPS) is 11.2. The Labute approximate surface area is 141 Å². The second kappa shape index (κ2) is 7.34. The lowest BCUT2D eigenvalue weighted by Crippen LogP contribution is -2.09. The summed E-state index contributed by atoms with van der Waals surface area (Å²) in [6, 6.07) is 7.02. The summed E-state index contributed by atoms with van der Waals surface area (Å²) in [7, 11) is 0. The van der Waals surface area contributed by atoms with E-state index in [1.165, 1.54) is 17.5 Å². The van der Waals surface area contributed by atoms with Crippen molar-refractivity contribution in [3.05, 3.63) is 46.2 Å². The Morgan fingerprint density at radius 3 is 2.50 bits per heavy atom. The van der Waals surface area contributed by atoms with E-state index in [-0.39, 0.29) is 5.78 Å². The number of Topliss-reactive ketones (excluding diaryl/α,β-unsaturated/α-hetero) is 1. The monoisotopic (exact) mass is 336 g/mol. The van der Waals surface area contributed by atoms with Gasteiger partial charge in [-0.3, -0.25) is 4.79 Å². The van der Waals surface area contributed by atoms with E-state index >= 15 is 0 Å². The van der Waals surface area contributed by atoms with Crippen molar-refractivity contribution in [3.8, 4) is 0 Å². The number of carbonyl (C=O) groups excluding carboxylic acids is 1. The number of aromatic nitrogens is 2. The highest BCUT2D eigenvalue weighted by atomic mass is 35.5. The molecule has 1 aromatic carbocycles. The molecule has 2 aromatic rings. The quantitative estimate of drug-likeness (QED) is 0.562. The Morgan fingerprint density at radius 1 is 1.27 bits per heavy atom. The molecular formula is C17H21ClN2OS. The molecule has 22 heavy (non-hydrogen) atoms. The summed E-state index contributed by atoms with van der Waals surface area (Å²) in [6.45, 7) is 9.38. The highest BCUT2D eigenvalue weighted by Gasteiger charge is 2.15. The summed E-state index contributed by atoms with van der Waals surface area (Å²) in [5.41, 5.74) is 2.89. The molecule has 0 radical (unpaired) electrons. The van der Waals surface area contributed by atoms with Crippen LogP contribution < -0.4 is 0 Å². The van der Waals surface area contributed by atoms with Crippen molar-refractivity contribution in [1.82, 2.24) is 9.55 Å². The molecule has 0 fully saturated rings. The SMILES string of the molecule is Cc1nc(SCC(=O)c2ccc(Cl)cc2)n(CC(C)C)c1C. The molecule has 0 N–H and O–H groups in total. The van der Waals surface area contributed by atoms with Crippen LogP contribution in [0.15, 0.2) is 29.4 Å². The number of hydrogen-bond donors (Lipinski definition) is 0. The van der Waals surface area contributed by atoms with Gasteiger partial charge >= 0.3 is 0 Å². The molecule has 1 aromatic heterocycles. The number of benzene rings is 1. The average molecular weight is 337 g/mol. The van der Waals surface area contributed by atoms with Gasteiger partial charge in [0.2, 0.25) is 0 Å². The van der Waals surface area contributed by atoms with E-state index in [1.54, 1.807) is 24.3 Å². The molecule has 118 valence electrons. The van der Waals surface area contributed by atoms with Crippen LogP contribution in [0, 0.1) is 19.8 Å². The third kappa shape index (κ3) is 4.14. The minimum Gasteiger partial charge on any atom is -0.323 e. The van der Waals surface area contributed by atoms with E-state index in [4.69, 9.17) is 11.6 Å². The van der Waals surface area contributed by atoms with Gasteiger partial charge in [-0.1, -0.05) is 37.2 Å². The summed E-state index contributed by atoms with van der Waals surface area (Å²) in [5, 5.41) is 1.56. The predicted molar refractivity (Wildman–Crippen MR) is 93.0 cm³/mol. The second-order valence-corrected chi connectivity index (χ2v) is 7.17. The Balaban J connectivity index is 2.09. The molecule has 2 rings (SSSR count). The number of ketones is 1. The molecule has 0 saturated carbocycles. The van der Waals surface area contributed by atoms with Crippen LogP contribution in [0.3, 0.4) is 0 Å². The summed E-state index contributed by atoms with van der Waals surface area (Å²) in [6.07, 6.45) is 0. The van der Waals surface area contributed by atoms with Crippen LogP contribution >= 0.6 is 23.4 Å². The number of imidazole rings is 1. The zero-order chi connectivity index (χ0) is 16.3. The minimum atomic E-state index is 0.0936. The van der Waals surface area contributed by atoms with Gasteiger partial charge < -0.3 is 4.57 Å². The lowest BCUT2D eigenvalue weighted by Gasteiger charge is -2.12. The molecule has 1 heterocycles. The molecule has 0 aliphatic rings. The summed E-state index contributed by atoms with van der Waals surface area (Å²) in [4.78, 5) is 16.8. The molecule has 0 atom stereocenters. The van der Waals surface area contributed by atoms with Gasteiger partial charge in [-0.2, -0.15) is 0 Å². The second-order valence-electron chi connectivity index (χ2n) is 5.79. The fourth-order valence-corrected chi connectivity index (χ4v) is 3.28. The van der Waals surface area contributed by atoms with Crippen molar-refractivity contribution >= 4 is 29.1 Å². The van der Waals surface area contributed by atoms with Crippen molar-refractivity contribution in [3.63, 3.8) is 0 Å². The molecule has 3 nitrogen and oxygen atoms in total. The molecule has 5 heteroatoms. The lowest BCUT2D eigenvalue weighted by atomic mass is 10.1. The topological polar surface area (TPSA) is 34.9 Å². The molecule has 0 aliphatic heterocycles. The number of hydrogen-bond acceptors (Lipinski definition) is 3. The zero-order valence-electron chi connectivity index (χ0n) is 13.4. The first-order valence-corrected chi connectivity index (χ1v) is 8.70. The largest absolute Gasteiger partial charge is 0.323 e. The molecule has 0 unspecified atom stereocenters. The van der Waals surface area contributed by atoms with E-state index in [0.717, 1.165) is 17.4 Å². The van der Waals surface area contributed by atoms with Gasteiger partial charge in [-0.15, -0.1) is 0 Å². The van der Waals surface area contributed by atoms with Gasteiger partial charge in [0, 0.05) is 22.8 Å². The first-order chi connectivity index (χ1) is 10.4. The number of nitrogens with zero attached hydrogens (tertiary/aromatic N) is 2. The third-order valence-electron chi connectivity index (χ3n) is 3.47. The van der Waals surface area contributed by atoms with Crippen LogP contribution in [0.1, 0.15) is 35.6 Å². The fraction of sp³-hybridized carbons (Fsp3) is 0.412. The van der Waals surface area contributed by atoms with Crippen molar-refractivity contribution < 1.29 is 4.79 Å². The maximum atomic E-state index is 12.3.